The van der Waals surface area contributed by atoms with Gasteiger partial charge in [0.05, 0.1) is 6.10 Å². The second-order valence-corrected chi connectivity index (χ2v) is 6.44. The van der Waals surface area contributed by atoms with Crippen LogP contribution in [0.4, 0.5) is 0 Å². The van der Waals surface area contributed by atoms with Gasteiger partial charge in [-0.3, -0.25) is 0 Å². The first-order valence-electron chi connectivity index (χ1n) is 7.67. The minimum absolute atomic E-state index is 0.0807. The summed E-state index contributed by atoms with van der Waals surface area (Å²) in [5.41, 5.74) is 0. The molecule has 0 aromatic carbocycles. The Morgan fingerprint density at radius 2 is 1.95 bits per heavy atom. The Morgan fingerprint density at radius 1 is 1.26 bits per heavy atom. The van der Waals surface area contributed by atoms with Gasteiger partial charge in [-0.2, -0.15) is 0 Å². The standard InChI is InChI=1S/C16H31NO2/c1-13(2)4-5-14-10-15(11-14)12-17(3)8-6-16(19)7-9-18/h4-5,13-16,18-19H,6-12H2,1-3H3/b5-4-/t14?,15?,16-/m1/s1. The molecule has 3 heteroatoms. The summed E-state index contributed by atoms with van der Waals surface area (Å²) in [4.78, 5) is 2.31. The van der Waals surface area contributed by atoms with E-state index in [9.17, 15) is 5.11 Å². The summed E-state index contributed by atoms with van der Waals surface area (Å²) in [5.74, 6) is 2.28. The fraction of sp³-hybridized carbons (Fsp3) is 0.875. The Balaban J connectivity index is 2.07. The summed E-state index contributed by atoms with van der Waals surface area (Å²) >= 11 is 0. The number of nitrogens with zero attached hydrogens (tertiary/aromatic N) is 1. The largest absolute Gasteiger partial charge is 0.396 e. The smallest absolute Gasteiger partial charge is 0.0574 e. The van der Waals surface area contributed by atoms with Crippen LogP contribution in [0.15, 0.2) is 12.2 Å². The lowest BCUT2D eigenvalue weighted by molar-refractivity contribution is 0.103. The molecular weight excluding hydrogens is 238 g/mol. The highest BCUT2D eigenvalue weighted by molar-refractivity contribution is 4.97. The van der Waals surface area contributed by atoms with E-state index in [0.29, 0.717) is 12.3 Å². The van der Waals surface area contributed by atoms with Crippen molar-refractivity contribution >= 4 is 0 Å². The molecule has 1 aliphatic rings. The fourth-order valence-corrected chi connectivity index (χ4v) is 2.67. The van der Waals surface area contributed by atoms with Gasteiger partial charge in [-0.05, 0) is 50.5 Å². The van der Waals surface area contributed by atoms with Crippen LogP contribution in [0.2, 0.25) is 0 Å². The van der Waals surface area contributed by atoms with Crippen LogP contribution < -0.4 is 0 Å². The lowest BCUT2D eigenvalue weighted by atomic mass is 9.74. The topological polar surface area (TPSA) is 43.7 Å². The maximum atomic E-state index is 9.57. The average molecular weight is 269 g/mol. The van der Waals surface area contributed by atoms with Gasteiger partial charge in [-0.1, -0.05) is 26.0 Å². The van der Waals surface area contributed by atoms with Crippen LogP contribution in [0.25, 0.3) is 0 Å². The van der Waals surface area contributed by atoms with Gasteiger partial charge in [0.25, 0.3) is 0 Å². The molecule has 1 fully saturated rings. The third-order valence-corrected chi connectivity index (χ3v) is 3.92. The van der Waals surface area contributed by atoms with Gasteiger partial charge < -0.3 is 15.1 Å². The first-order chi connectivity index (χ1) is 9.01. The molecule has 3 nitrogen and oxygen atoms in total. The molecule has 0 aromatic heterocycles. The van der Waals surface area contributed by atoms with Gasteiger partial charge in [-0.15, -0.1) is 0 Å². The second-order valence-electron chi connectivity index (χ2n) is 6.44. The van der Waals surface area contributed by atoms with Crippen molar-refractivity contribution in [2.45, 2.75) is 45.6 Å². The predicted octanol–water partition coefficient (Wildman–Crippen LogP) is 2.29. The van der Waals surface area contributed by atoms with E-state index >= 15 is 0 Å². The number of hydrogen-bond donors (Lipinski definition) is 2. The highest BCUT2D eigenvalue weighted by Crippen LogP contribution is 2.35. The third kappa shape index (κ3) is 7.09. The fourth-order valence-electron chi connectivity index (χ4n) is 2.67. The zero-order valence-electron chi connectivity index (χ0n) is 12.8. The minimum Gasteiger partial charge on any atom is -0.396 e. The van der Waals surface area contributed by atoms with E-state index in [1.807, 2.05) is 0 Å². The van der Waals surface area contributed by atoms with Gasteiger partial charge in [0.15, 0.2) is 0 Å². The zero-order valence-corrected chi connectivity index (χ0v) is 12.8. The molecule has 19 heavy (non-hydrogen) atoms. The van der Waals surface area contributed by atoms with Crippen LogP contribution in [0, 0.1) is 17.8 Å². The first-order valence-corrected chi connectivity index (χ1v) is 7.67. The van der Waals surface area contributed by atoms with E-state index in [2.05, 4.69) is 37.9 Å². The molecule has 0 aliphatic heterocycles. The minimum atomic E-state index is -0.351. The van der Waals surface area contributed by atoms with E-state index in [1.54, 1.807) is 0 Å². The Morgan fingerprint density at radius 3 is 2.53 bits per heavy atom. The van der Waals surface area contributed by atoms with Crippen molar-refractivity contribution < 1.29 is 10.2 Å². The van der Waals surface area contributed by atoms with Crippen molar-refractivity contribution in [2.24, 2.45) is 17.8 Å². The van der Waals surface area contributed by atoms with E-state index in [-0.39, 0.29) is 12.7 Å². The van der Waals surface area contributed by atoms with Crippen LogP contribution in [0.5, 0.6) is 0 Å². The summed E-state index contributed by atoms with van der Waals surface area (Å²) in [6.45, 7) is 6.58. The molecule has 1 atom stereocenters. The molecule has 0 unspecified atom stereocenters. The summed E-state index contributed by atoms with van der Waals surface area (Å²) in [6, 6.07) is 0. The molecule has 0 radical (unpaired) electrons. The molecule has 1 saturated carbocycles. The van der Waals surface area contributed by atoms with Gasteiger partial charge >= 0.3 is 0 Å². The van der Waals surface area contributed by atoms with Crippen LogP contribution in [-0.2, 0) is 0 Å². The molecule has 0 heterocycles. The van der Waals surface area contributed by atoms with Crippen LogP contribution in [-0.4, -0.2) is 48.0 Å². The van der Waals surface area contributed by atoms with Gasteiger partial charge in [0.2, 0.25) is 0 Å². The van der Waals surface area contributed by atoms with Crippen LogP contribution in [0.3, 0.4) is 0 Å². The molecule has 0 saturated heterocycles. The molecule has 0 spiro atoms. The SMILES string of the molecule is CC(C)/C=C\C1CC(CN(C)CC[C@@H](O)CCO)C1. The molecule has 0 bridgehead atoms. The monoisotopic (exact) mass is 269 g/mol. The van der Waals surface area contributed by atoms with Crippen LogP contribution >= 0.6 is 0 Å². The maximum Gasteiger partial charge on any atom is 0.0574 e. The lowest BCUT2D eigenvalue weighted by Gasteiger charge is -2.36. The van der Waals surface area contributed by atoms with Crippen molar-refractivity contribution in [2.75, 3.05) is 26.7 Å². The van der Waals surface area contributed by atoms with Crippen molar-refractivity contribution in [1.82, 2.24) is 4.90 Å². The average Bonchev–Trinajstić information content (AvgIpc) is 2.29. The third-order valence-electron chi connectivity index (χ3n) is 3.92. The van der Waals surface area contributed by atoms with E-state index < -0.39 is 0 Å². The van der Waals surface area contributed by atoms with E-state index in [1.165, 1.54) is 12.8 Å². The molecule has 2 N–H and O–H groups in total. The number of aliphatic hydroxyl groups is 2. The number of hydrogen-bond acceptors (Lipinski definition) is 3. The van der Waals surface area contributed by atoms with Crippen molar-refractivity contribution in [3.05, 3.63) is 12.2 Å². The summed E-state index contributed by atoms with van der Waals surface area (Å²) in [7, 11) is 2.13. The maximum absolute atomic E-state index is 9.57. The summed E-state index contributed by atoms with van der Waals surface area (Å²) in [5, 5.41) is 18.3. The molecule has 0 amide bonds. The zero-order chi connectivity index (χ0) is 14.3. The summed E-state index contributed by atoms with van der Waals surface area (Å²) in [6.07, 6.45) is 8.23. The summed E-state index contributed by atoms with van der Waals surface area (Å²) < 4.78 is 0. The van der Waals surface area contributed by atoms with Crippen molar-refractivity contribution in [1.29, 1.82) is 0 Å². The van der Waals surface area contributed by atoms with Crippen LogP contribution in [0.1, 0.15) is 39.5 Å². The molecule has 1 rings (SSSR count). The lowest BCUT2D eigenvalue weighted by Crippen LogP contribution is -2.35. The number of aliphatic hydroxyl groups excluding tert-OH is 2. The van der Waals surface area contributed by atoms with E-state index in [0.717, 1.165) is 31.3 Å². The predicted molar refractivity (Wildman–Crippen MR) is 80.0 cm³/mol. The Kier molecular flexibility index (Phi) is 7.66. The molecule has 1 aliphatic carbocycles. The number of rotatable bonds is 9. The van der Waals surface area contributed by atoms with Gasteiger partial charge in [0.1, 0.15) is 0 Å². The quantitative estimate of drug-likeness (QED) is 0.631. The van der Waals surface area contributed by atoms with Gasteiger partial charge in [0, 0.05) is 19.7 Å². The van der Waals surface area contributed by atoms with Crippen molar-refractivity contribution in [3.63, 3.8) is 0 Å². The highest BCUT2D eigenvalue weighted by atomic mass is 16.3. The molecule has 0 aromatic rings. The van der Waals surface area contributed by atoms with Gasteiger partial charge in [-0.25, -0.2) is 0 Å². The highest BCUT2D eigenvalue weighted by Gasteiger charge is 2.27. The van der Waals surface area contributed by atoms with E-state index in [4.69, 9.17) is 5.11 Å². The Labute approximate surface area is 118 Å². The Hall–Kier alpha value is -0.380. The molecular formula is C16H31NO2. The molecule has 112 valence electrons. The second kappa shape index (κ2) is 8.72. The Bertz CT molecular complexity index is 259. The number of allylic oxidation sites excluding steroid dienone is 2. The first kappa shape index (κ1) is 16.7. The van der Waals surface area contributed by atoms with Crippen molar-refractivity contribution in [3.8, 4) is 0 Å². The normalized spacial score (nSPS) is 25.2.